The molecule has 0 aliphatic heterocycles. The van der Waals surface area contributed by atoms with Gasteiger partial charge in [-0.05, 0) is 138 Å². The Morgan fingerprint density at radius 2 is 0.875 bits per heavy atom. The van der Waals surface area contributed by atoms with Crippen molar-refractivity contribution in [1.82, 2.24) is 4.57 Å². The van der Waals surface area contributed by atoms with Crippen molar-refractivity contribution in [2.45, 2.75) is 24.7 Å². The molecule has 0 saturated heterocycles. The predicted octanol–water partition coefficient (Wildman–Crippen LogP) is 16.1. The van der Waals surface area contributed by atoms with Crippen molar-refractivity contribution in [2.75, 3.05) is 4.90 Å². The summed E-state index contributed by atoms with van der Waals surface area (Å²) < 4.78 is 2.49. The van der Waals surface area contributed by atoms with Gasteiger partial charge in [0.25, 0.3) is 0 Å². The summed E-state index contributed by atoms with van der Waals surface area (Å²) in [6.45, 7) is 4.70. The zero-order valence-corrected chi connectivity index (χ0v) is 35.7. The summed E-state index contributed by atoms with van der Waals surface area (Å²) in [5.74, 6) is 0. The van der Waals surface area contributed by atoms with Gasteiger partial charge in [-0.3, -0.25) is 0 Å². The van der Waals surface area contributed by atoms with Crippen molar-refractivity contribution in [2.24, 2.45) is 0 Å². The Morgan fingerprint density at radius 1 is 0.344 bits per heavy atom. The highest BCUT2D eigenvalue weighted by atomic mass is 15.1. The molecule has 14 rings (SSSR count). The lowest BCUT2D eigenvalue weighted by atomic mass is 9.63. The van der Waals surface area contributed by atoms with E-state index in [1.54, 1.807) is 0 Å². The molecule has 0 amide bonds. The largest absolute Gasteiger partial charge is 0.310 e. The van der Waals surface area contributed by atoms with Crippen LogP contribution in [0.4, 0.5) is 17.1 Å². The SMILES string of the molecule is CC1(C)c2ccccc2-c2cc(N(c3ccccc3)c3ccc(-c4ccc5c6c4ccc4c6c6c(cccc6n4-c4ccccc4)C54c5ccccc5-c5ccccc54)cc3)ccc21. The number of hydrogen-bond acceptors (Lipinski definition) is 1. The maximum absolute atomic E-state index is 2.49. The van der Waals surface area contributed by atoms with Gasteiger partial charge in [0.2, 0.25) is 0 Å². The Kier molecular flexibility index (Phi) is 7.13. The first-order chi connectivity index (χ1) is 31.5. The Bertz CT molecular complexity index is 3700. The summed E-state index contributed by atoms with van der Waals surface area (Å²) in [5, 5.41) is 5.30. The number of aromatic nitrogens is 1. The molecule has 0 N–H and O–H groups in total. The summed E-state index contributed by atoms with van der Waals surface area (Å²) in [7, 11) is 0. The third-order valence-corrected chi connectivity index (χ3v) is 15.0. The number of anilines is 3. The zero-order valence-electron chi connectivity index (χ0n) is 35.7. The van der Waals surface area contributed by atoms with Gasteiger partial charge in [0.1, 0.15) is 0 Å². The molecule has 3 aliphatic carbocycles. The highest BCUT2D eigenvalue weighted by Gasteiger charge is 2.50. The van der Waals surface area contributed by atoms with E-state index in [1.165, 1.54) is 105 Å². The Hall–Kier alpha value is -7.94. The fourth-order valence-electron chi connectivity index (χ4n) is 12.3. The summed E-state index contributed by atoms with van der Waals surface area (Å²) in [5.41, 5.74) is 22.5. The fourth-order valence-corrected chi connectivity index (χ4v) is 12.3. The van der Waals surface area contributed by atoms with Gasteiger partial charge in [-0.2, -0.15) is 0 Å². The number of fused-ring (bicyclic) bond motifs is 10. The van der Waals surface area contributed by atoms with Crippen molar-refractivity contribution in [3.63, 3.8) is 0 Å². The van der Waals surface area contributed by atoms with Crippen LogP contribution in [0, 0.1) is 0 Å². The van der Waals surface area contributed by atoms with Crippen LogP contribution in [0.2, 0.25) is 0 Å². The molecule has 0 saturated carbocycles. The molecule has 2 heteroatoms. The van der Waals surface area contributed by atoms with E-state index in [1.807, 2.05) is 0 Å². The molecule has 1 aromatic heterocycles. The molecule has 0 bridgehead atoms. The topological polar surface area (TPSA) is 8.17 Å². The van der Waals surface area contributed by atoms with E-state index in [4.69, 9.17) is 0 Å². The van der Waals surface area contributed by atoms with Gasteiger partial charge in [-0.25, -0.2) is 0 Å². The second-order valence-corrected chi connectivity index (χ2v) is 18.4. The van der Waals surface area contributed by atoms with Crippen LogP contribution in [0.1, 0.15) is 47.2 Å². The molecule has 64 heavy (non-hydrogen) atoms. The Labute approximate surface area is 372 Å². The molecule has 300 valence electrons. The highest BCUT2D eigenvalue weighted by molar-refractivity contribution is 6.28. The van der Waals surface area contributed by atoms with Crippen LogP contribution in [0.15, 0.2) is 218 Å². The van der Waals surface area contributed by atoms with Gasteiger partial charge in [0.05, 0.1) is 16.4 Å². The first-order valence-corrected chi connectivity index (χ1v) is 22.5. The standard InChI is InChI=1S/C62H42N2/c1-61(2)50-23-12-9-22-47(50)49-38-43(32-35-51(49)61)63(40-16-5-3-6-17-40)42-30-28-39(29-31-42)44-33-36-55-58-48(44)34-37-57-60(58)59-54(26-15-27-56(59)64(57)41-18-7-4-8-19-41)62(55)52-24-13-10-20-45(52)46-21-11-14-25-53(46)62/h3-38H,1-2H3. The number of benzene rings is 10. The van der Waals surface area contributed by atoms with Gasteiger partial charge in [-0.15, -0.1) is 0 Å². The van der Waals surface area contributed by atoms with Gasteiger partial charge in [0, 0.05) is 38.9 Å². The quantitative estimate of drug-likeness (QED) is 0.168. The minimum atomic E-state index is -0.473. The van der Waals surface area contributed by atoms with E-state index in [-0.39, 0.29) is 5.41 Å². The molecule has 2 nitrogen and oxygen atoms in total. The molecule has 3 aliphatic rings. The zero-order chi connectivity index (χ0) is 42.3. The number of nitrogens with zero attached hydrogens (tertiary/aromatic N) is 2. The third kappa shape index (κ3) is 4.49. The van der Waals surface area contributed by atoms with Crippen molar-refractivity contribution in [1.29, 1.82) is 0 Å². The van der Waals surface area contributed by atoms with Crippen molar-refractivity contribution in [3.05, 3.63) is 252 Å². The van der Waals surface area contributed by atoms with Crippen LogP contribution in [0.25, 0.3) is 71.6 Å². The van der Waals surface area contributed by atoms with Crippen molar-refractivity contribution < 1.29 is 0 Å². The fraction of sp³-hybridized carbons (Fsp3) is 0.0645. The lowest BCUT2D eigenvalue weighted by Crippen LogP contribution is -2.30. The molecule has 0 unspecified atom stereocenters. The van der Waals surface area contributed by atoms with E-state index in [0.29, 0.717) is 0 Å². The lowest BCUT2D eigenvalue weighted by molar-refractivity contribution is 0.660. The molecule has 10 aromatic carbocycles. The monoisotopic (exact) mass is 814 g/mol. The van der Waals surface area contributed by atoms with Crippen LogP contribution in [-0.2, 0) is 10.8 Å². The molecule has 1 heterocycles. The second kappa shape index (κ2) is 12.8. The highest BCUT2D eigenvalue weighted by Crippen LogP contribution is 2.62. The van der Waals surface area contributed by atoms with E-state index in [2.05, 4.69) is 242 Å². The maximum atomic E-state index is 2.49. The first kappa shape index (κ1) is 35.6. The summed E-state index contributed by atoms with van der Waals surface area (Å²) in [6, 6.07) is 81.8. The summed E-state index contributed by atoms with van der Waals surface area (Å²) in [6.07, 6.45) is 0. The molecule has 0 radical (unpaired) electrons. The normalized spacial score (nSPS) is 14.3. The van der Waals surface area contributed by atoms with Crippen LogP contribution < -0.4 is 4.90 Å². The van der Waals surface area contributed by atoms with Crippen LogP contribution in [-0.4, -0.2) is 4.57 Å². The number of hydrogen-bond donors (Lipinski definition) is 0. The average Bonchev–Trinajstić information content (AvgIpc) is 3.93. The molecular formula is C62H42N2. The first-order valence-electron chi connectivity index (χ1n) is 22.5. The van der Waals surface area contributed by atoms with Gasteiger partial charge in [0.15, 0.2) is 0 Å². The van der Waals surface area contributed by atoms with Crippen LogP contribution >= 0.6 is 0 Å². The summed E-state index contributed by atoms with van der Waals surface area (Å²) >= 11 is 0. The summed E-state index contributed by atoms with van der Waals surface area (Å²) in [4.78, 5) is 2.40. The van der Waals surface area contributed by atoms with Gasteiger partial charge >= 0.3 is 0 Å². The molecular weight excluding hydrogens is 773 g/mol. The van der Waals surface area contributed by atoms with Crippen LogP contribution in [0.5, 0.6) is 0 Å². The minimum absolute atomic E-state index is 0.0454. The number of rotatable bonds is 5. The maximum Gasteiger partial charge on any atom is 0.0726 e. The second-order valence-electron chi connectivity index (χ2n) is 18.4. The third-order valence-electron chi connectivity index (χ3n) is 15.0. The van der Waals surface area contributed by atoms with E-state index >= 15 is 0 Å². The van der Waals surface area contributed by atoms with Crippen molar-refractivity contribution in [3.8, 4) is 39.1 Å². The predicted molar refractivity (Wildman–Crippen MR) is 267 cm³/mol. The van der Waals surface area contributed by atoms with Crippen LogP contribution in [0.3, 0.4) is 0 Å². The van der Waals surface area contributed by atoms with Gasteiger partial charge in [-0.1, -0.05) is 172 Å². The molecule has 11 aromatic rings. The Morgan fingerprint density at radius 3 is 1.59 bits per heavy atom. The smallest absolute Gasteiger partial charge is 0.0726 e. The molecule has 0 fully saturated rings. The number of para-hydroxylation sites is 2. The Balaban J connectivity index is 0.994. The lowest BCUT2D eigenvalue weighted by Gasteiger charge is -2.38. The van der Waals surface area contributed by atoms with E-state index in [9.17, 15) is 0 Å². The van der Waals surface area contributed by atoms with Gasteiger partial charge < -0.3 is 9.47 Å². The van der Waals surface area contributed by atoms with E-state index < -0.39 is 5.41 Å². The minimum Gasteiger partial charge on any atom is -0.310 e. The molecule has 1 spiro atoms. The van der Waals surface area contributed by atoms with Crippen molar-refractivity contribution >= 4 is 49.6 Å². The average molecular weight is 815 g/mol. The molecule has 0 atom stereocenters. The van der Waals surface area contributed by atoms with E-state index in [0.717, 1.165) is 17.1 Å².